The van der Waals surface area contributed by atoms with Gasteiger partial charge in [0.15, 0.2) is 5.82 Å². The zero-order chi connectivity index (χ0) is 36.7. The Morgan fingerprint density at radius 1 is 0.436 bits per heavy atom. The molecular weight excluding hydrogens is 671 g/mol. The van der Waals surface area contributed by atoms with E-state index in [2.05, 4.69) is 187 Å². The lowest BCUT2D eigenvalue weighted by Crippen LogP contribution is -2.17. The Kier molecular flexibility index (Phi) is 6.83. The fourth-order valence-electron chi connectivity index (χ4n) is 8.76. The van der Waals surface area contributed by atoms with Gasteiger partial charge in [-0.15, -0.1) is 0 Å². The summed E-state index contributed by atoms with van der Waals surface area (Å²) < 4.78 is 4.59. The van der Waals surface area contributed by atoms with Crippen molar-refractivity contribution in [3.8, 4) is 56.7 Å². The number of nitrogens with zero attached hydrogens (tertiary/aromatic N) is 5. The molecule has 1 aliphatic rings. The first kappa shape index (κ1) is 31.4. The molecule has 11 rings (SSSR count). The van der Waals surface area contributed by atoms with Crippen molar-refractivity contribution in [1.29, 1.82) is 0 Å². The van der Waals surface area contributed by atoms with Gasteiger partial charge in [0.2, 0.25) is 0 Å². The van der Waals surface area contributed by atoms with Crippen molar-refractivity contribution in [2.45, 2.75) is 19.3 Å². The van der Waals surface area contributed by atoms with Gasteiger partial charge in [0.25, 0.3) is 0 Å². The summed E-state index contributed by atoms with van der Waals surface area (Å²) in [7, 11) is 0. The molecule has 0 fully saturated rings. The lowest BCUT2D eigenvalue weighted by Gasteiger charge is -2.24. The average molecular weight is 706 g/mol. The van der Waals surface area contributed by atoms with Crippen molar-refractivity contribution in [2.75, 3.05) is 0 Å². The summed E-state index contributed by atoms with van der Waals surface area (Å²) in [5.41, 5.74) is 15.0. The van der Waals surface area contributed by atoms with E-state index in [0.717, 1.165) is 61.9 Å². The third-order valence-electron chi connectivity index (χ3n) is 11.3. The number of para-hydroxylation sites is 5. The van der Waals surface area contributed by atoms with Crippen LogP contribution in [-0.2, 0) is 5.41 Å². The Morgan fingerprint density at radius 2 is 1.02 bits per heavy atom. The molecule has 5 heteroatoms. The SMILES string of the molecule is CC1(C)c2ccccc2-c2nc(-c3ccc(-c4nc5ccccc5n4-c4ccccc4)cc3)nc(-c3ccc4c(c3)c3ccccc3n4-c3ccccc3)c21. The maximum atomic E-state index is 5.48. The summed E-state index contributed by atoms with van der Waals surface area (Å²) in [6, 6.07) is 62.1. The van der Waals surface area contributed by atoms with Crippen LogP contribution in [0.15, 0.2) is 176 Å². The number of hydrogen-bond acceptors (Lipinski definition) is 3. The smallest absolute Gasteiger partial charge is 0.160 e. The zero-order valence-electron chi connectivity index (χ0n) is 30.5. The van der Waals surface area contributed by atoms with Gasteiger partial charge in [0.05, 0.1) is 33.5 Å². The minimum Gasteiger partial charge on any atom is -0.309 e. The molecule has 3 heterocycles. The molecule has 0 atom stereocenters. The van der Waals surface area contributed by atoms with Gasteiger partial charge < -0.3 is 4.57 Å². The van der Waals surface area contributed by atoms with Crippen LogP contribution in [0.25, 0.3) is 89.5 Å². The van der Waals surface area contributed by atoms with Gasteiger partial charge in [-0.3, -0.25) is 4.57 Å². The number of aromatic nitrogens is 5. The van der Waals surface area contributed by atoms with E-state index in [1.165, 1.54) is 32.9 Å². The third kappa shape index (κ3) is 4.76. The Balaban J connectivity index is 1.10. The fraction of sp³-hybridized carbons (Fsp3) is 0.0600. The van der Waals surface area contributed by atoms with Crippen molar-refractivity contribution in [3.63, 3.8) is 0 Å². The van der Waals surface area contributed by atoms with Crippen molar-refractivity contribution >= 4 is 32.8 Å². The predicted molar refractivity (Wildman–Crippen MR) is 225 cm³/mol. The highest BCUT2D eigenvalue weighted by molar-refractivity contribution is 6.10. The van der Waals surface area contributed by atoms with E-state index < -0.39 is 0 Å². The highest BCUT2D eigenvalue weighted by atomic mass is 15.1. The largest absolute Gasteiger partial charge is 0.309 e. The van der Waals surface area contributed by atoms with E-state index in [4.69, 9.17) is 15.0 Å². The molecule has 0 N–H and O–H groups in total. The summed E-state index contributed by atoms with van der Waals surface area (Å²) >= 11 is 0. The second kappa shape index (κ2) is 12.0. The molecule has 0 amide bonds. The first-order chi connectivity index (χ1) is 27.0. The quantitative estimate of drug-likeness (QED) is 0.179. The summed E-state index contributed by atoms with van der Waals surface area (Å²) in [6.07, 6.45) is 0. The molecule has 0 aliphatic heterocycles. The Morgan fingerprint density at radius 3 is 1.80 bits per heavy atom. The molecule has 0 unspecified atom stereocenters. The summed E-state index contributed by atoms with van der Waals surface area (Å²) in [5.74, 6) is 1.60. The third-order valence-corrected chi connectivity index (χ3v) is 11.3. The minimum absolute atomic E-state index is 0.285. The second-order valence-electron chi connectivity index (χ2n) is 14.9. The number of rotatable bonds is 5. The molecule has 5 nitrogen and oxygen atoms in total. The maximum absolute atomic E-state index is 5.48. The van der Waals surface area contributed by atoms with Crippen LogP contribution in [0.1, 0.15) is 25.0 Å². The molecule has 260 valence electrons. The van der Waals surface area contributed by atoms with Crippen LogP contribution in [0.3, 0.4) is 0 Å². The van der Waals surface area contributed by atoms with Crippen molar-refractivity contribution in [2.24, 2.45) is 0 Å². The molecule has 0 saturated carbocycles. The van der Waals surface area contributed by atoms with E-state index in [9.17, 15) is 0 Å². The molecule has 0 saturated heterocycles. The van der Waals surface area contributed by atoms with E-state index in [-0.39, 0.29) is 5.41 Å². The van der Waals surface area contributed by atoms with Crippen LogP contribution >= 0.6 is 0 Å². The number of imidazole rings is 1. The number of benzene rings is 7. The summed E-state index contributed by atoms with van der Waals surface area (Å²) in [5, 5.41) is 2.42. The number of fused-ring (bicyclic) bond motifs is 7. The van der Waals surface area contributed by atoms with Crippen LogP contribution in [0.4, 0.5) is 0 Å². The molecule has 1 aliphatic carbocycles. The van der Waals surface area contributed by atoms with Gasteiger partial charge >= 0.3 is 0 Å². The normalized spacial score (nSPS) is 13.1. The monoisotopic (exact) mass is 705 g/mol. The Labute approximate surface area is 318 Å². The molecule has 10 aromatic rings. The summed E-state index contributed by atoms with van der Waals surface area (Å²) in [6.45, 7) is 4.61. The van der Waals surface area contributed by atoms with Crippen LogP contribution in [0, 0.1) is 0 Å². The van der Waals surface area contributed by atoms with Gasteiger partial charge in [-0.25, -0.2) is 15.0 Å². The molecule has 7 aromatic carbocycles. The van der Waals surface area contributed by atoms with E-state index >= 15 is 0 Å². The molecule has 0 radical (unpaired) electrons. The minimum atomic E-state index is -0.285. The van der Waals surface area contributed by atoms with E-state index in [0.29, 0.717) is 5.82 Å². The summed E-state index contributed by atoms with van der Waals surface area (Å²) in [4.78, 5) is 15.9. The molecular formula is C50H35N5. The highest BCUT2D eigenvalue weighted by Crippen LogP contribution is 2.51. The first-order valence-electron chi connectivity index (χ1n) is 18.8. The second-order valence-corrected chi connectivity index (χ2v) is 14.9. The van der Waals surface area contributed by atoms with Crippen LogP contribution in [-0.4, -0.2) is 24.1 Å². The highest BCUT2D eigenvalue weighted by Gasteiger charge is 2.40. The molecule has 55 heavy (non-hydrogen) atoms. The van der Waals surface area contributed by atoms with Crippen LogP contribution < -0.4 is 0 Å². The molecule has 0 spiro atoms. The van der Waals surface area contributed by atoms with E-state index in [1.807, 2.05) is 12.1 Å². The number of hydrogen-bond donors (Lipinski definition) is 0. The molecule has 3 aromatic heterocycles. The average Bonchev–Trinajstić information content (AvgIpc) is 3.87. The lowest BCUT2D eigenvalue weighted by atomic mass is 9.80. The van der Waals surface area contributed by atoms with Gasteiger partial charge in [-0.05, 0) is 60.2 Å². The topological polar surface area (TPSA) is 48.5 Å². The van der Waals surface area contributed by atoms with Crippen LogP contribution in [0.2, 0.25) is 0 Å². The Hall–Kier alpha value is -7.11. The fourth-order valence-corrected chi connectivity index (χ4v) is 8.76. The molecule has 0 bridgehead atoms. The standard InChI is InChI=1S/C50H35N5/c1-50(2)40-21-11-9-20-38(40)47-45(50)46(34-29-30-43-39(31-34)37-19-10-13-23-42(37)54(43)35-15-5-3-6-16-35)52-48(53-47)32-25-27-33(28-26-32)49-51-41-22-12-14-24-44(41)55(49)36-17-7-4-8-18-36/h3-31H,1-2H3. The van der Waals surface area contributed by atoms with E-state index in [1.54, 1.807) is 0 Å². The lowest BCUT2D eigenvalue weighted by molar-refractivity contribution is 0.658. The predicted octanol–water partition coefficient (Wildman–Crippen LogP) is 12.2. The maximum Gasteiger partial charge on any atom is 0.160 e. The van der Waals surface area contributed by atoms with Crippen molar-refractivity contribution < 1.29 is 0 Å². The first-order valence-corrected chi connectivity index (χ1v) is 18.8. The van der Waals surface area contributed by atoms with Crippen molar-refractivity contribution in [1.82, 2.24) is 24.1 Å². The van der Waals surface area contributed by atoms with Gasteiger partial charge in [0.1, 0.15) is 5.82 Å². The zero-order valence-corrected chi connectivity index (χ0v) is 30.5. The Bertz CT molecular complexity index is 3100. The van der Waals surface area contributed by atoms with Crippen molar-refractivity contribution in [3.05, 3.63) is 187 Å². The van der Waals surface area contributed by atoms with Gasteiger partial charge in [-0.2, -0.15) is 0 Å². The van der Waals surface area contributed by atoms with Crippen LogP contribution in [0.5, 0.6) is 0 Å². The van der Waals surface area contributed by atoms with Gasteiger partial charge in [-0.1, -0.05) is 135 Å². The van der Waals surface area contributed by atoms with Gasteiger partial charge in [0, 0.05) is 55.4 Å².